The number of hydrogen-bond donors (Lipinski definition) is 3. The van der Waals surface area contributed by atoms with Gasteiger partial charge >= 0.3 is 0 Å². The highest BCUT2D eigenvalue weighted by atomic mass is 15.1. The lowest BCUT2D eigenvalue weighted by Gasteiger charge is -2.05. The highest BCUT2D eigenvalue weighted by Gasteiger charge is 2.06. The van der Waals surface area contributed by atoms with Gasteiger partial charge in [-0.05, 0) is 37.3 Å². The first-order valence-electron chi connectivity index (χ1n) is 7.05. The molecule has 23 heavy (non-hydrogen) atoms. The Bertz CT molecular complexity index is 912. The van der Waals surface area contributed by atoms with Crippen molar-refractivity contribution in [3.8, 4) is 0 Å². The Morgan fingerprint density at radius 2 is 1.83 bits per heavy atom. The van der Waals surface area contributed by atoms with Gasteiger partial charge in [-0.25, -0.2) is 4.98 Å². The SMILES string of the molecule is Cc1ccc2c(N=Nc3ccc(C(=N)N)cc3)c(N)ncc2c1. The number of aryl methyl sites for hydroxylation is 1. The van der Waals surface area contributed by atoms with Crippen LogP contribution in [0.25, 0.3) is 10.8 Å². The third-order valence-electron chi connectivity index (χ3n) is 3.49. The summed E-state index contributed by atoms with van der Waals surface area (Å²) in [6, 6.07) is 13.0. The summed E-state index contributed by atoms with van der Waals surface area (Å²) >= 11 is 0. The fraction of sp³-hybridized carbons (Fsp3) is 0.0588. The molecule has 0 bridgehead atoms. The van der Waals surface area contributed by atoms with E-state index in [-0.39, 0.29) is 5.84 Å². The van der Waals surface area contributed by atoms with Crippen molar-refractivity contribution in [1.82, 2.24) is 4.98 Å². The van der Waals surface area contributed by atoms with Gasteiger partial charge in [0, 0.05) is 22.5 Å². The molecule has 0 aliphatic carbocycles. The average molecular weight is 304 g/mol. The summed E-state index contributed by atoms with van der Waals surface area (Å²) in [6.07, 6.45) is 1.73. The standard InChI is InChI=1S/C17H16N6/c1-10-2-7-14-12(8-10)9-21-17(20)15(14)23-22-13-5-3-11(4-6-13)16(18)19/h2-9H,1H3,(H3,18,19)(H2,20,21). The monoisotopic (exact) mass is 304 g/mol. The number of hydrogen-bond acceptors (Lipinski definition) is 5. The summed E-state index contributed by atoms with van der Waals surface area (Å²) in [6.45, 7) is 2.02. The summed E-state index contributed by atoms with van der Waals surface area (Å²) in [5.74, 6) is 0.358. The number of benzene rings is 2. The van der Waals surface area contributed by atoms with E-state index in [0.717, 1.165) is 16.3 Å². The van der Waals surface area contributed by atoms with Gasteiger partial charge in [-0.3, -0.25) is 5.41 Å². The van der Waals surface area contributed by atoms with Crippen LogP contribution in [0.3, 0.4) is 0 Å². The Morgan fingerprint density at radius 3 is 2.52 bits per heavy atom. The van der Waals surface area contributed by atoms with E-state index in [2.05, 4.69) is 15.2 Å². The number of aromatic nitrogens is 1. The molecule has 0 saturated heterocycles. The number of nitrogens with one attached hydrogen (secondary N) is 1. The lowest BCUT2D eigenvalue weighted by molar-refractivity contribution is 1.22. The van der Waals surface area contributed by atoms with Crippen LogP contribution in [0.1, 0.15) is 11.1 Å². The number of amidine groups is 1. The Hall–Kier alpha value is -3.28. The number of anilines is 1. The van der Waals surface area contributed by atoms with Crippen molar-refractivity contribution in [2.45, 2.75) is 6.92 Å². The fourth-order valence-corrected chi connectivity index (χ4v) is 2.26. The molecule has 2 aromatic carbocycles. The molecule has 3 aromatic rings. The van der Waals surface area contributed by atoms with Crippen molar-refractivity contribution in [2.24, 2.45) is 16.0 Å². The predicted octanol–water partition coefficient (Wildman–Crippen LogP) is 3.82. The second-order valence-corrected chi connectivity index (χ2v) is 5.24. The molecule has 0 saturated carbocycles. The maximum Gasteiger partial charge on any atom is 0.151 e. The summed E-state index contributed by atoms with van der Waals surface area (Å²) in [5, 5.41) is 17.7. The lowest BCUT2D eigenvalue weighted by Crippen LogP contribution is -2.10. The topological polar surface area (TPSA) is 114 Å². The van der Waals surface area contributed by atoms with Gasteiger partial charge in [0.2, 0.25) is 0 Å². The van der Waals surface area contributed by atoms with Crippen LogP contribution in [-0.2, 0) is 0 Å². The van der Waals surface area contributed by atoms with E-state index in [4.69, 9.17) is 16.9 Å². The van der Waals surface area contributed by atoms with E-state index in [0.29, 0.717) is 22.8 Å². The van der Waals surface area contributed by atoms with Gasteiger partial charge in [0.15, 0.2) is 5.82 Å². The number of pyridine rings is 1. The Kier molecular flexibility index (Phi) is 3.72. The minimum absolute atomic E-state index is 0.0198. The summed E-state index contributed by atoms with van der Waals surface area (Å²) in [7, 11) is 0. The molecule has 0 aliphatic heterocycles. The van der Waals surface area contributed by atoms with Crippen LogP contribution in [0.15, 0.2) is 58.9 Å². The molecule has 0 aliphatic rings. The molecule has 3 rings (SSSR count). The van der Waals surface area contributed by atoms with E-state index in [1.54, 1.807) is 30.5 Å². The van der Waals surface area contributed by atoms with Gasteiger partial charge in [-0.1, -0.05) is 17.7 Å². The first kappa shape index (κ1) is 14.6. The van der Waals surface area contributed by atoms with Crippen molar-refractivity contribution >= 4 is 33.8 Å². The van der Waals surface area contributed by atoms with Gasteiger partial charge in [0.25, 0.3) is 0 Å². The minimum atomic E-state index is 0.0198. The molecule has 5 N–H and O–H groups in total. The third-order valence-corrected chi connectivity index (χ3v) is 3.49. The molecule has 6 nitrogen and oxygen atoms in total. The van der Waals surface area contributed by atoms with E-state index in [1.807, 2.05) is 25.1 Å². The van der Waals surface area contributed by atoms with E-state index >= 15 is 0 Å². The maximum absolute atomic E-state index is 7.38. The first-order chi connectivity index (χ1) is 11.0. The molecule has 0 atom stereocenters. The molecule has 1 heterocycles. The number of nitrogen functional groups attached to an aromatic ring is 2. The van der Waals surface area contributed by atoms with Gasteiger partial charge < -0.3 is 11.5 Å². The highest BCUT2D eigenvalue weighted by molar-refractivity contribution is 5.96. The zero-order chi connectivity index (χ0) is 16.4. The van der Waals surface area contributed by atoms with Crippen LogP contribution in [0.4, 0.5) is 17.2 Å². The summed E-state index contributed by atoms with van der Waals surface area (Å²) < 4.78 is 0. The summed E-state index contributed by atoms with van der Waals surface area (Å²) in [5.41, 5.74) is 14.4. The van der Waals surface area contributed by atoms with E-state index in [9.17, 15) is 0 Å². The van der Waals surface area contributed by atoms with Crippen LogP contribution in [0, 0.1) is 12.3 Å². The predicted molar refractivity (Wildman–Crippen MR) is 92.5 cm³/mol. The van der Waals surface area contributed by atoms with Gasteiger partial charge in [-0.2, -0.15) is 5.11 Å². The molecule has 1 aromatic heterocycles. The molecule has 0 fully saturated rings. The van der Waals surface area contributed by atoms with Crippen LogP contribution >= 0.6 is 0 Å². The Morgan fingerprint density at radius 1 is 1.09 bits per heavy atom. The smallest absolute Gasteiger partial charge is 0.151 e. The van der Waals surface area contributed by atoms with E-state index in [1.165, 1.54) is 0 Å². The van der Waals surface area contributed by atoms with Gasteiger partial charge in [0.05, 0.1) is 5.69 Å². The van der Waals surface area contributed by atoms with Gasteiger partial charge in [-0.15, -0.1) is 5.11 Å². The van der Waals surface area contributed by atoms with Crippen LogP contribution in [-0.4, -0.2) is 10.8 Å². The van der Waals surface area contributed by atoms with Gasteiger partial charge in [0.1, 0.15) is 11.5 Å². The first-order valence-corrected chi connectivity index (χ1v) is 7.05. The number of nitrogens with two attached hydrogens (primary N) is 2. The molecular weight excluding hydrogens is 288 g/mol. The number of rotatable bonds is 3. The summed E-state index contributed by atoms with van der Waals surface area (Å²) in [4.78, 5) is 4.18. The second kappa shape index (κ2) is 5.84. The largest absolute Gasteiger partial charge is 0.384 e. The second-order valence-electron chi connectivity index (χ2n) is 5.24. The number of fused-ring (bicyclic) bond motifs is 1. The molecular formula is C17H16N6. The Labute approximate surface area is 133 Å². The molecule has 0 radical (unpaired) electrons. The van der Waals surface area contributed by atoms with Crippen molar-refractivity contribution in [1.29, 1.82) is 5.41 Å². The maximum atomic E-state index is 7.38. The number of nitrogens with zero attached hydrogens (tertiary/aromatic N) is 3. The fourth-order valence-electron chi connectivity index (χ4n) is 2.26. The van der Waals surface area contributed by atoms with Crippen molar-refractivity contribution < 1.29 is 0 Å². The van der Waals surface area contributed by atoms with Crippen molar-refractivity contribution in [3.63, 3.8) is 0 Å². The zero-order valence-corrected chi connectivity index (χ0v) is 12.6. The molecule has 0 amide bonds. The quantitative estimate of drug-likeness (QED) is 0.388. The lowest BCUT2D eigenvalue weighted by atomic mass is 10.1. The normalized spacial score (nSPS) is 11.2. The minimum Gasteiger partial charge on any atom is -0.384 e. The molecule has 114 valence electrons. The number of azo groups is 1. The molecule has 6 heteroatoms. The highest BCUT2D eigenvalue weighted by Crippen LogP contribution is 2.32. The van der Waals surface area contributed by atoms with Crippen LogP contribution < -0.4 is 11.5 Å². The third kappa shape index (κ3) is 3.01. The zero-order valence-electron chi connectivity index (χ0n) is 12.6. The molecule has 0 unspecified atom stereocenters. The average Bonchev–Trinajstić information content (AvgIpc) is 2.54. The molecule has 0 spiro atoms. The van der Waals surface area contributed by atoms with Crippen LogP contribution in [0.5, 0.6) is 0 Å². The van der Waals surface area contributed by atoms with E-state index < -0.39 is 0 Å². The van der Waals surface area contributed by atoms with Crippen molar-refractivity contribution in [3.05, 3.63) is 59.8 Å². The Balaban J connectivity index is 2.00. The van der Waals surface area contributed by atoms with Crippen LogP contribution in [0.2, 0.25) is 0 Å². The van der Waals surface area contributed by atoms with Crippen molar-refractivity contribution in [2.75, 3.05) is 5.73 Å².